The summed E-state index contributed by atoms with van der Waals surface area (Å²) in [6.07, 6.45) is 3.40. The van der Waals surface area contributed by atoms with Crippen LogP contribution in [0.4, 0.5) is 10.1 Å². The maximum absolute atomic E-state index is 13.5. The molecule has 4 nitrogen and oxygen atoms in total. The molecule has 3 heterocycles. The molecule has 5 heteroatoms. The van der Waals surface area contributed by atoms with E-state index in [9.17, 15) is 9.18 Å². The largest absolute Gasteiger partial charge is 0.309 e. The van der Waals surface area contributed by atoms with E-state index in [1.807, 2.05) is 17.0 Å². The van der Waals surface area contributed by atoms with Crippen LogP contribution >= 0.6 is 0 Å². The number of anilines is 1. The fraction of sp³-hybridized carbons (Fsp3) is 0.368. The quantitative estimate of drug-likeness (QED) is 0.867. The Bertz CT molecular complexity index is 801. The number of hydrogen-bond acceptors (Lipinski definition) is 3. The molecule has 1 aromatic heterocycles. The number of rotatable bonds is 4. The van der Waals surface area contributed by atoms with Gasteiger partial charge in [0.25, 0.3) is 0 Å². The summed E-state index contributed by atoms with van der Waals surface area (Å²) in [7, 11) is 0. The number of carbonyl (C=O) groups excluding carboxylic acids is 1. The van der Waals surface area contributed by atoms with Crippen LogP contribution in [0.1, 0.15) is 17.7 Å². The number of likely N-dealkylation sites (tertiary alicyclic amines) is 1. The van der Waals surface area contributed by atoms with Crippen molar-refractivity contribution in [3.63, 3.8) is 0 Å². The van der Waals surface area contributed by atoms with E-state index in [1.54, 1.807) is 19.2 Å². The van der Waals surface area contributed by atoms with Crippen LogP contribution < -0.4 is 4.90 Å². The average Bonchev–Trinajstić information content (AvgIpc) is 2.84. The fourth-order valence-corrected chi connectivity index (χ4v) is 3.30. The van der Waals surface area contributed by atoms with Gasteiger partial charge < -0.3 is 9.80 Å². The molecule has 1 amide bonds. The molecular formula is C19H20FN3O. The molecular weight excluding hydrogens is 305 g/mol. The Labute approximate surface area is 140 Å². The van der Waals surface area contributed by atoms with Gasteiger partial charge in [-0.15, -0.1) is 0 Å². The second kappa shape index (κ2) is 5.98. The molecule has 1 aromatic carbocycles. The molecule has 124 valence electrons. The zero-order chi connectivity index (χ0) is 16.7. The highest BCUT2D eigenvalue weighted by molar-refractivity contribution is 6.01. The molecule has 2 aliphatic heterocycles. The Balaban J connectivity index is 1.62. The maximum Gasteiger partial charge on any atom is 0.233 e. The number of fused-ring (bicyclic) bond motifs is 1. The molecule has 24 heavy (non-hydrogen) atoms. The second-order valence-electron chi connectivity index (χ2n) is 6.57. The van der Waals surface area contributed by atoms with Crippen molar-refractivity contribution in [3.05, 3.63) is 47.5 Å². The van der Waals surface area contributed by atoms with E-state index in [1.165, 1.54) is 12.5 Å². The van der Waals surface area contributed by atoms with Crippen LogP contribution in [-0.4, -0.2) is 42.0 Å². The Kier molecular flexibility index (Phi) is 3.81. The van der Waals surface area contributed by atoms with Crippen LogP contribution in [0.2, 0.25) is 0 Å². The van der Waals surface area contributed by atoms with Gasteiger partial charge in [-0.2, -0.15) is 0 Å². The number of amides is 1. The van der Waals surface area contributed by atoms with E-state index in [2.05, 4.69) is 9.88 Å². The van der Waals surface area contributed by atoms with Gasteiger partial charge in [0.2, 0.25) is 5.91 Å². The molecule has 0 bridgehead atoms. The third-order valence-electron chi connectivity index (χ3n) is 4.94. The first kappa shape index (κ1) is 15.3. The van der Waals surface area contributed by atoms with E-state index in [0.717, 1.165) is 42.1 Å². The molecule has 0 radical (unpaired) electrons. The van der Waals surface area contributed by atoms with Crippen molar-refractivity contribution >= 4 is 11.6 Å². The van der Waals surface area contributed by atoms with Crippen LogP contribution in [0.5, 0.6) is 0 Å². The van der Waals surface area contributed by atoms with Crippen LogP contribution in [0.3, 0.4) is 0 Å². The standard InChI is InChI=1S/C19H20FN3O/c1-13-9-14(3-4-16(13)20)15-10-18-17(21-12-15)11-19(24)23(18)8-7-22-5-2-6-22/h3-4,9-10,12H,2,5-8,11H2,1H3. The lowest BCUT2D eigenvalue weighted by atomic mass is 10.0. The lowest BCUT2D eigenvalue weighted by Crippen LogP contribution is -2.43. The molecule has 4 rings (SSSR count). The molecule has 0 atom stereocenters. The van der Waals surface area contributed by atoms with Crippen molar-refractivity contribution in [1.29, 1.82) is 0 Å². The number of aryl methyl sites for hydroxylation is 1. The summed E-state index contributed by atoms with van der Waals surface area (Å²) in [6.45, 7) is 5.62. The smallest absolute Gasteiger partial charge is 0.233 e. The highest BCUT2D eigenvalue weighted by Crippen LogP contribution is 2.32. The summed E-state index contributed by atoms with van der Waals surface area (Å²) in [5, 5.41) is 0. The van der Waals surface area contributed by atoms with Crippen LogP contribution in [-0.2, 0) is 11.2 Å². The van der Waals surface area contributed by atoms with Crippen LogP contribution in [0, 0.1) is 12.7 Å². The molecule has 0 N–H and O–H groups in total. The van der Waals surface area contributed by atoms with Gasteiger partial charge >= 0.3 is 0 Å². The van der Waals surface area contributed by atoms with Gasteiger partial charge in [0.15, 0.2) is 0 Å². The molecule has 2 aliphatic rings. The van der Waals surface area contributed by atoms with E-state index in [4.69, 9.17) is 0 Å². The first-order valence-electron chi connectivity index (χ1n) is 8.40. The van der Waals surface area contributed by atoms with Gasteiger partial charge in [0.1, 0.15) is 5.82 Å². The minimum absolute atomic E-state index is 0.116. The van der Waals surface area contributed by atoms with Gasteiger partial charge in [-0.3, -0.25) is 9.78 Å². The van der Waals surface area contributed by atoms with Gasteiger partial charge in [-0.1, -0.05) is 6.07 Å². The summed E-state index contributed by atoms with van der Waals surface area (Å²) in [5.74, 6) is -0.0929. The predicted octanol–water partition coefficient (Wildman–Crippen LogP) is 2.79. The van der Waals surface area contributed by atoms with Crippen LogP contribution in [0.15, 0.2) is 30.5 Å². The van der Waals surface area contributed by atoms with Gasteiger partial charge in [-0.25, -0.2) is 4.39 Å². The van der Waals surface area contributed by atoms with Gasteiger partial charge in [-0.05, 0) is 55.8 Å². The number of benzene rings is 1. The maximum atomic E-state index is 13.5. The molecule has 0 saturated carbocycles. The number of pyridine rings is 1. The summed E-state index contributed by atoms with van der Waals surface area (Å²) >= 11 is 0. The Morgan fingerprint density at radius 1 is 1.17 bits per heavy atom. The number of hydrogen-bond donors (Lipinski definition) is 0. The summed E-state index contributed by atoms with van der Waals surface area (Å²) in [5.41, 5.74) is 4.19. The van der Waals surface area contributed by atoms with Crippen molar-refractivity contribution in [1.82, 2.24) is 9.88 Å². The van der Waals surface area contributed by atoms with E-state index in [0.29, 0.717) is 18.5 Å². The molecule has 0 unspecified atom stereocenters. The third-order valence-corrected chi connectivity index (χ3v) is 4.94. The van der Waals surface area contributed by atoms with E-state index < -0.39 is 0 Å². The minimum atomic E-state index is -0.209. The van der Waals surface area contributed by atoms with Crippen LogP contribution in [0.25, 0.3) is 11.1 Å². The lowest BCUT2D eigenvalue weighted by molar-refractivity contribution is -0.117. The van der Waals surface area contributed by atoms with Crippen molar-refractivity contribution in [2.75, 3.05) is 31.1 Å². The van der Waals surface area contributed by atoms with Crippen molar-refractivity contribution in [2.24, 2.45) is 0 Å². The zero-order valence-electron chi connectivity index (χ0n) is 13.8. The van der Waals surface area contributed by atoms with Crippen molar-refractivity contribution in [2.45, 2.75) is 19.8 Å². The molecule has 2 aromatic rings. The summed E-state index contributed by atoms with van der Waals surface area (Å²) in [6, 6.07) is 7.06. The highest BCUT2D eigenvalue weighted by Gasteiger charge is 2.29. The lowest BCUT2D eigenvalue weighted by Gasteiger charge is -2.32. The summed E-state index contributed by atoms with van der Waals surface area (Å²) < 4.78 is 13.5. The number of halogens is 1. The van der Waals surface area contributed by atoms with Crippen molar-refractivity contribution in [3.8, 4) is 11.1 Å². The highest BCUT2D eigenvalue weighted by atomic mass is 19.1. The van der Waals surface area contributed by atoms with E-state index >= 15 is 0 Å². The molecule has 1 fully saturated rings. The number of aromatic nitrogens is 1. The monoisotopic (exact) mass is 325 g/mol. The summed E-state index contributed by atoms with van der Waals surface area (Å²) in [4.78, 5) is 21.0. The molecule has 0 spiro atoms. The third kappa shape index (κ3) is 2.69. The number of carbonyl (C=O) groups is 1. The molecule has 1 saturated heterocycles. The van der Waals surface area contributed by atoms with E-state index in [-0.39, 0.29) is 11.7 Å². The van der Waals surface area contributed by atoms with Crippen molar-refractivity contribution < 1.29 is 9.18 Å². The Morgan fingerprint density at radius 2 is 2.00 bits per heavy atom. The zero-order valence-corrected chi connectivity index (χ0v) is 13.8. The number of nitrogens with zero attached hydrogens (tertiary/aromatic N) is 3. The first-order chi connectivity index (χ1) is 11.6. The topological polar surface area (TPSA) is 36.4 Å². The minimum Gasteiger partial charge on any atom is -0.309 e. The fourth-order valence-electron chi connectivity index (χ4n) is 3.30. The molecule has 0 aliphatic carbocycles. The SMILES string of the molecule is Cc1cc(-c2cnc3c(c2)N(CCN2CCC2)C(=O)C3)ccc1F. The average molecular weight is 325 g/mol. The van der Waals surface area contributed by atoms with Gasteiger partial charge in [0.05, 0.1) is 17.8 Å². The second-order valence-corrected chi connectivity index (χ2v) is 6.57. The predicted molar refractivity (Wildman–Crippen MR) is 91.5 cm³/mol. The Hall–Kier alpha value is -2.27. The normalized spacial score (nSPS) is 17.1. The Morgan fingerprint density at radius 3 is 2.71 bits per heavy atom. The van der Waals surface area contributed by atoms with Gasteiger partial charge in [0, 0.05) is 24.8 Å². The first-order valence-corrected chi connectivity index (χ1v) is 8.40.